The van der Waals surface area contributed by atoms with Crippen molar-refractivity contribution in [3.63, 3.8) is 0 Å². The van der Waals surface area contributed by atoms with Crippen molar-refractivity contribution < 1.29 is 14.7 Å². The largest absolute Gasteiger partial charge is 0.478 e. The molecule has 1 amide bonds. The first kappa shape index (κ1) is 18.9. The quantitative estimate of drug-likeness (QED) is 0.417. The standard InChI is InChI=1S/C22H24N2O3/c23-11-5-1-2-6-12-24-21(25)16-9-10-19-17(14-16)13-15-7-3-4-8-18(15)20(19)22(26)27/h3-4,7-10,13-14H,1-2,5-6,11-12,23H2,(H,24,25)(H,26,27). The van der Waals surface area contributed by atoms with Gasteiger partial charge in [0.2, 0.25) is 0 Å². The molecule has 0 radical (unpaired) electrons. The molecule has 0 aliphatic carbocycles. The van der Waals surface area contributed by atoms with Crippen molar-refractivity contribution in [2.75, 3.05) is 13.1 Å². The molecule has 0 aliphatic heterocycles. The van der Waals surface area contributed by atoms with Gasteiger partial charge in [0.05, 0.1) is 5.56 Å². The van der Waals surface area contributed by atoms with Crippen LogP contribution in [0.25, 0.3) is 21.5 Å². The molecule has 0 spiro atoms. The molecule has 0 saturated heterocycles. The number of nitrogens with one attached hydrogen (secondary N) is 1. The Bertz CT molecular complexity index is 982. The van der Waals surface area contributed by atoms with E-state index in [0.29, 0.717) is 29.4 Å². The van der Waals surface area contributed by atoms with Crippen molar-refractivity contribution in [2.45, 2.75) is 25.7 Å². The fourth-order valence-electron chi connectivity index (χ4n) is 3.37. The average Bonchev–Trinajstić information content (AvgIpc) is 2.67. The first-order chi connectivity index (χ1) is 13.1. The number of carboxylic acid groups (broad SMARTS) is 1. The Hall–Kier alpha value is -2.92. The molecule has 0 aliphatic rings. The van der Waals surface area contributed by atoms with Crippen LogP contribution in [0.15, 0.2) is 48.5 Å². The molecule has 0 aromatic heterocycles. The number of hydrogen-bond donors (Lipinski definition) is 3. The van der Waals surface area contributed by atoms with E-state index in [1.54, 1.807) is 18.2 Å². The predicted molar refractivity (Wildman–Crippen MR) is 108 cm³/mol. The minimum atomic E-state index is -0.966. The maximum absolute atomic E-state index is 12.4. The fourth-order valence-corrected chi connectivity index (χ4v) is 3.37. The number of hydrogen-bond acceptors (Lipinski definition) is 3. The molecule has 3 rings (SSSR count). The van der Waals surface area contributed by atoms with E-state index in [1.165, 1.54) is 0 Å². The Kier molecular flexibility index (Phi) is 6.04. The molecule has 3 aromatic carbocycles. The number of benzene rings is 3. The topological polar surface area (TPSA) is 92.4 Å². The lowest BCUT2D eigenvalue weighted by atomic mass is 9.95. The highest BCUT2D eigenvalue weighted by Gasteiger charge is 2.15. The third-order valence-corrected chi connectivity index (χ3v) is 4.75. The Labute approximate surface area is 158 Å². The highest BCUT2D eigenvalue weighted by molar-refractivity contribution is 6.16. The van der Waals surface area contributed by atoms with Crippen molar-refractivity contribution in [1.29, 1.82) is 0 Å². The van der Waals surface area contributed by atoms with Crippen molar-refractivity contribution in [3.05, 3.63) is 59.7 Å². The van der Waals surface area contributed by atoms with E-state index in [0.717, 1.165) is 36.5 Å². The van der Waals surface area contributed by atoms with Gasteiger partial charge in [-0.1, -0.05) is 43.2 Å². The summed E-state index contributed by atoms with van der Waals surface area (Å²) >= 11 is 0. The fraction of sp³-hybridized carbons (Fsp3) is 0.273. The number of amides is 1. The van der Waals surface area contributed by atoms with Crippen LogP contribution in [0.3, 0.4) is 0 Å². The van der Waals surface area contributed by atoms with Crippen molar-refractivity contribution in [2.24, 2.45) is 5.73 Å². The van der Waals surface area contributed by atoms with Crippen molar-refractivity contribution in [1.82, 2.24) is 5.32 Å². The Morgan fingerprint density at radius 1 is 0.889 bits per heavy atom. The minimum absolute atomic E-state index is 0.138. The second-order valence-corrected chi connectivity index (χ2v) is 6.67. The summed E-state index contributed by atoms with van der Waals surface area (Å²) in [5, 5.41) is 15.5. The second-order valence-electron chi connectivity index (χ2n) is 6.67. The number of fused-ring (bicyclic) bond motifs is 2. The molecular formula is C22H24N2O3. The number of carbonyl (C=O) groups excluding carboxylic acids is 1. The van der Waals surface area contributed by atoms with E-state index in [1.807, 2.05) is 30.3 Å². The molecule has 0 bridgehead atoms. The SMILES string of the molecule is NCCCCCCNC(=O)c1ccc2c(C(=O)O)c3ccccc3cc2c1. The van der Waals surface area contributed by atoms with Gasteiger partial charge in [0.25, 0.3) is 5.91 Å². The van der Waals surface area contributed by atoms with E-state index >= 15 is 0 Å². The molecule has 140 valence electrons. The van der Waals surface area contributed by atoms with Gasteiger partial charge in [0, 0.05) is 12.1 Å². The van der Waals surface area contributed by atoms with Crippen LogP contribution < -0.4 is 11.1 Å². The van der Waals surface area contributed by atoms with Gasteiger partial charge in [-0.05, 0) is 59.1 Å². The Morgan fingerprint density at radius 3 is 2.41 bits per heavy atom. The normalized spacial score (nSPS) is 11.0. The molecule has 0 heterocycles. The van der Waals surface area contributed by atoms with E-state index < -0.39 is 5.97 Å². The van der Waals surface area contributed by atoms with Crippen LogP contribution in [0.2, 0.25) is 0 Å². The maximum Gasteiger partial charge on any atom is 0.336 e. The molecule has 0 unspecified atom stereocenters. The molecular weight excluding hydrogens is 340 g/mol. The summed E-state index contributed by atoms with van der Waals surface area (Å²) in [7, 11) is 0. The third kappa shape index (κ3) is 4.26. The van der Waals surface area contributed by atoms with Gasteiger partial charge in [-0.3, -0.25) is 4.79 Å². The van der Waals surface area contributed by atoms with Gasteiger partial charge in [-0.25, -0.2) is 4.79 Å². The molecule has 0 atom stereocenters. The van der Waals surface area contributed by atoms with Gasteiger partial charge < -0.3 is 16.2 Å². The first-order valence-corrected chi connectivity index (χ1v) is 9.29. The zero-order chi connectivity index (χ0) is 19.2. The van der Waals surface area contributed by atoms with Crippen LogP contribution in [0, 0.1) is 0 Å². The molecule has 0 saturated carbocycles. The number of aromatic carboxylic acids is 1. The summed E-state index contributed by atoms with van der Waals surface area (Å²) in [6.45, 7) is 1.33. The van der Waals surface area contributed by atoms with Gasteiger partial charge in [-0.15, -0.1) is 0 Å². The van der Waals surface area contributed by atoms with E-state index in [4.69, 9.17) is 5.73 Å². The second kappa shape index (κ2) is 8.64. The van der Waals surface area contributed by atoms with Crippen LogP contribution in [0.1, 0.15) is 46.4 Å². The number of carbonyl (C=O) groups is 2. The van der Waals surface area contributed by atoms with Crippen LogP contribution in [0.4, 0.5) is 0 Å². The average molecular weight is 364 g/mol. The number of rotatable bonds is 8. The lowest BCUT2D eigenvalue weighted by Gasteiger charge is -2.10. The van der Waals surface area contributed by atoms with Gasteiger partial charge >= 0.3 is 5.97 Å². The van der Waals surface area contributed by atoms with Crippen molar-refractivity contribution >= 4 is 33.4 Å². The zero-order valence-corrected chi connectivity index (χ0v) is 15.2. The minimum Gasteiger partial charge on any atom is -0.478 e. The number of nitrogens with two attached hydrogens (primary N) is 1. The third-order valence-electron chi connectivity index (χ3n) is 4.75. The van der Waals surface area contributed by atoms with E-state index in [9.17, 15) is 14.7 Å². The number of carboxylic acids is 1. The Morgan fingerprint density at radius 2 is 1.63 bits per heavy atom. The van der Waals surface area contributed by atoms with Crippen LogP contribution in [-0.2, 0) is 0 Å². The maximum atomic E-state index is 12.4. The monoisotopic (exact) mass is 364 g/mol. The zero-order valence-electron chi connectivity index (χ0n) is 15.2. The predicted octanol–water partition coefficient (Wildman–Crippen LogP) is 3.94. The highest BCUT2D eigenvalue weighted by atomic mass is 16.4. The van der Waals surface area contributed by atoms with Gasteiger partial charge in [0.15, 0.2) is 0 Å². The summed E-state index contributed by atoms with van der Waals surface area (Å²) in [6, 6.07) is 14.5. The highest BCUT2D eigenvalue weighted by Crippen LogP contribution is 2.29. The molecule has 27 heavy (non-hydrogen) atoms. The Balaban J connectivity index is 1.84. The summed E-state index contributed by atoms with van der Waals surface area (Å²) in [6.07, 6.45) is 4.06. The molecule has 0 fully saturated rings. The first-order valence-electron chi connectivity index (χ1n) is 9.29. The van der Waals surface area contributed by atoms with Gasteiger partial charge in [-0.2, -0.15) is 0 Å². The lowest BCUT2D eigenvalue weighted by molar-refractivity contribution is 0.0701. The smallest absolute Gasteiger partial charge is 0.336 e. The molecule has 3 aromatic rings. The van der Waals surface area contributed by atoms with Crippen molar-refractivity contribution in [3.8, 4) is 0 Å². The van der Waals surface area contributed by atoms with E-state index in [-0.39, 0.29) is 11.5 Å². The molecule has 5 nitrogen and oxygen atoms in total. The number of unbranched alkanes of at least 4 members (excludes halogenated alkanes) is 3. The molecule has 5 heteroatoms. The van der Waals surface area contributed by atoms with Crippen LogP contribution >= 0.6 is 0 Å². The summed E-state index contributed by atoms with van der Waals surface area (Å²) in [4.78, 5) is 24.2. The van der Waals surface area contributed by atoms with Crippen LogP contribution in [0.5, 0.6) is 0 Å². The van der Waals surface area contributed by atoms with E-state index in [2.05, 4.69) is 5.32 Å². The summed E-state index contributed by atoms with van der Waals surface area (Å²) in [5.41, 5.74) is 6.28. The molecule has 4 N–H and O–H groups in total. The van der Waals surface area contributed by atoms with Crippen LogP contribution in [-0.4, -0.2) is 30.1 Å². The summed E-state index contributed by atoms with van der Waals surface area (Å²) < 4.78 is 0. The lowest BCUT2D eigenvalue weighted by Crippen LogP contribution is -2.24. The van der Waals surface area contributed by atoms with Gasteiger partial charge in [0.1, 0.15) is 0 Å². The summed E-state index contributed by atoms with van der Waals surface area (Å²) in [5.74, 6) is -1.10.